The van der Waals surface area contributed by atoms with E-state index in [0.717, 1.165) is 0 Å². The van der Waals surface area contributed by atoms with Crippen LogP contribution in [-0.2, 0) is 10.0 Å². The normalized spacial score (nSPS) is 10.8. The van der Waals surface area contributed by atoms with E-state index in [9.17, 15) is 8.42 Å². The molecule has 0 aliphatic rings. The fourth-order valence-electron chi connectivity index (χ4n) is 1.10. The quantitative estimate of drug-likeness (QED) is 0.821. The van der Waals surface area contributed by atoms with E-state index in [2.05, 4.69) is 19.7 Å². The number of imidazole rings is 1. The third kappa shape index (κ3) is 2.40. The number of nitrogens with zero attached hydrogens (tertiary/aromatic N) is 3. The first-order valence-electron chi connectivity index (χ1n) is 4.49. The fraction of sp³-hybridized carbons (Fsp3) is 0. The Labute approximate surface area is 97.2 Å². The van der Waals surface area contributed by atoms with E-state index in [1.165, 1.54) is 30.9 Å². The molecule has 7 nitrogen and oxygen atoms in total. The van der Waals surface area contributed by atoms with Crippen LogP contribution in [0.1, 0.15) is 5.56 Å². The van der Waals surface area contributed by atoms with Crippen molar-refractivity contribution in [2.45, 2.75) is 5.03 Å². The van der Waals surface area contributed by atoms with Crippen molar-refractivity contribution >= 4 is 15.8 Å². The fourth-order valence-corrected chi connectivity index (χ4v) is 2.02. The number of H-pyrrole nitrogens is 1. The summed E-state index contributed by atoms with van der Waals surface area (Å²) in [4.78, 5) is 9.90. The van der Waals surface area contributed by atoms with E-state index < -0.39 is 10.0 Å². The molecular weight excluding hydrogens is 242 g/mol. The number of nitrogens with one attached hydrogen (secondary N) is 2. The van der Waals surface area contributed by atoms with Gasteiger partial charge in [-0.05, 0) is 12.1 Å². The second kappa shape index (κ2) is 4.23. The zero-order valence-electron chi connectivity index (χ0n) is 8.45. The molecule has 0 saturated heterocycles. The molecule has 2 rings (SSSR count). The second-order valence-corrected chi connectivity index (χ2v) is 4.72. The summed E-state index contributed by atoms with van der Waals surface area (Å²) in [5.41, 5.74) is 0.356. The van der Waals surface area contributed by atoms with Gasteiger partial charge in [-0.25, -0.2) is 9.97 Å². The van der Waals surface area contributed by atoms with Crippen molar-refractivity contribution in [1.82, 2.24) is 15.0 Å². The zero-order valence-corrected chi connectivity index (χ0v) is 9.27. The lowest BCUT2D eigenvalue weighted by Crippen LogP contribution is -2.14. The topological polar surface area (TPSA) is 112 Å². The average Bonchev–Trinajstić information content (AvgIpc) is 2.84. The van der Waals surface area contributed by atoms with Crippen LogP contribution < -0.4 is 4.72 Å². The molecule has 0 spiro atoms. The van der Waals surface area contributed by atoms with E-state index in [4.69, 9.17) is 5.26 Å². The van der Waals surface area contributed by atoms with Crippen LogP contribution in [0.5, 0.6) is 0 Å². The molecule has 8 heteroatoms. The Hall–Kier alpha value is -2.40. The molecule has 0 aromatic carbocycles. The predicted molar refractivity (Wildman–Crippen MR) is 58.3 cm³/mol. The van der Waals surface area contributed by atoms with Crippen LogP contribution in [0.4, 0.5) is 5.82 Å². The van der Waals surface area contributed by atoms with Gasteiger partial charge >= 0.3 is 0 Å². The second-order valence-electron chi connectivity index (χ2n) is 3.07. The third-order valence-electron chi connectivity index (χ3n) is 1.89. The molecule has 0 bridgehead atoms. The number of nitriles is 1. The molecule has 2 aromatic rings. The number of pyridine rings is 1. The standard InChI is InChI=1S/C9H7N5O2S/c10-3-7-1-2-8(12-4-7)14-17(15,16)9-5-11-6-13-9/h1-2,4-6H,(H,11,13)(H,12,14). The van der Waals surface area contributed by atoms with Gasteiger partial charge in [-0.3, -0.25) is 4.72 Å². The molecule has 0 unspecified atom stereocenters. The molecule has 2 heterocycles. The highest BCUT2D eigenvalue weighted by molar-refractivity contribution is 7.92. The van der Waals surface area contributed by atoms with E-state index in [1.54, 1.807) is 0 Å². The summed E-state index contributed by atoms with van der Waals surface area (Å²) in [5, 5.41) is 8.52. The summed E-state index contributed by atoms with van der Waals surface area (Å²) >= 11 is 0. The Morgan fingerprint density at radius 2 is 2.18 bits per heavy atom. The molecule has 86 valence electrons. The first kappa shape index (κ1) is 11.1. The van der Waals surface area contributed by atoms with Crippen LogP contribution in [0.2, 0.25) is 0 Å². The Bertz CT molecular complexity index is 640. The van der Waals surface area contributed by atoms with Crippen molar-refractivity contribution in [2.75, 3.05) is 4.72 Å². The van der Waals surface area contributed by atoms with Crippen LogP contribution in [0.25, 0.3) is 0 Å². The van der Waals surface area contributed by atoms with Crippen molar-refractivity contribution in [3.05, 3.63) is 36.4 Å². The smallest absolute Gasteiger partial charge is 0.280 e. The van der Waals surface area contributed by atoms with Crippen LogP contribution in [0.15, 0.2) is 35.9 Å². The van der Waals surface area contributed by atoms with Gasteiger partial charge in [0.1, 0.15) is 11.9 Å². The Morgan fingerprint density at radius 3 is 2.71 bits per heavy atom. The van der Waals surface area contributed by atoms with Crippen LogP contribution in [0.3, 0.4) is 0 Å². The van der Waals surface area contributed by atoms with Crippen molar-refractivity contribution in [3.8, 4) is 6.07 Å². The molecule has 2 N–H and O–H groups in total. The lowest BCUT2D eigenvalue weighted by Gasteiger charge is -2.04. The maximum atomic E-state index is 11.7. The largest absolute Gasteiger partial charge is 0.334 e. The first-order valence-corrected chi connectivity index (χ1v) is 5.97. The van der Waals surface area contributed by atoms with Gasteiger partial charge in [0.25, 0.3) is 10.0 Å². The van der Waals surface area contributed by atoms with Crippen LogP contribution in [0, 0.1) is 11.3 Å². The van der Waals surface area contributed by atoms with Gasteiger partial charge < -0.3 is 4.98 Å². The van der Waals surface area contributed by atoms with Gasteiger partial charge in [0, 0.05) is 6.20 Å². The number of rotatable bonds is 3. The molecule has 0 saturated carbocycles. The Kier molecular flexibility index (Phi) is 2.76. The Morgan fingerprint density at radius 1 is 1.35 bits per heavy atom. The molecule has 0 aliphatic carbocycles. The number of hydrogen-bond donors (Lipinski definition) is 2. The van der Waals surface area contributed by atoms with Gasteiger partial charge in [0.05, 0.1) is 18.1 Å². The van der Waals surface area contributed by atoms with E-state index in [1.807, 2.05) is 6.07 Å². The summed E-state index contributed by atoms with van der Waals surface area (Å²) < 4.78 is 25.7. The van der Waals surface area contributed by atoms with Crippen molar-refractivity contribution in [3.63, 3.8) is 0 Å². The minimum atomic E-state index is -3.70. The molecule has 17 heavy (non-hydrogen) atoms. The van der Waals surface area contributed by atoms with Gasteiger partial charge in [-0.2, -0.15) is 13.7 Å². The summed E-state index contributed by atoms with van der Waals surface area (Å²) in [6, 6.07) is 4.77. The number of aromatic amines is 1. The number of hydrogen-bond acceptors (Lipinski definition) is 5. The highest BCUT2D eigenvalue weighted by Gasteiger charge is 2.15. The zero-order chi connectivity index (χ0) is 12.3. The molecule has 0 amide bonds. The van der Waals surface area contributed by atoms with E-state index in [0.29, 0.717) is 5.56 Å². The number of sulfonamides is 1. The van der Waals surface area contributed by atoms with E-state index in [-0.39, 0.29) is 10.8 Å². The predicted octanol–water partition coefficient (Wildman–Crippen LogP) is 0.477. The maximum Gasteiger partial charge on any atom is 0.280 e. The SMILES string of the molecule is N#Cc1ccc(NS(=O)(=O)c2cnc[nH]2)nc1. The molecule has 2 aromatic heterocycles. The van der Waals surface area contributed by atoms with Gasteiger partial charge in [0.2, 0.25) is 0 Å². The van der Waals surface area contributed by atoms with Crippen molar-refractivity contribution in [1.29, 1.82) is 5.26 Å². The monoisotopic (exact) mass is 249 g/mol. The molecule has 0 fully saturated rings. The summed E-state index contributed by atoms with van der Waals surface area (Å²) in [5.74, 6) is 0.138. The van der Waals surface area contributed by atoms with E-state index >= 15 is 0 Å². The molecular formula is C9H7N5O2S. The number of anilines is 1. The van der Waals surface area contributed by atoms with Gasteiger partial charge in [-0.15, -0.1) is 0 Å². The summed E-state index contributed by atoms with van der Waals surface area (Å²) in [6.45, 7) is 0. The maximum absolute atomic E-state index is 11.7. The van der Waals surface area contributed by atoms with Crippen LogP contribution >= 0.6 is 0 Å². The van der Waals surface area contributed by atoms with Gasteiger partial charge in [0.15, 0.2) is 5.03 Å². The molecule has 0 radical (unpaired) electrons. The van der Waals surface area contributed by atoms with Crippen molar-refractivity contribution < 1.29 is 8.42 Å². The van der Waals surface area contributed by atoms with Crippen LogP contribution in [-0.4, -0.2) is 23.4 Å². The lowest BCUT2D eigenvalue weighted by molar-refractivity contribution is 0.598. The minimum Gasteiger partial charge on any atom is -0.334 e. The third-order valence-corrected chi connectivity index (χ3v) is 3.17. The summed E-state index contributed by atoms with van der Waals surface area (Å²) in [6.07, 6.45) is 3.73. The molecule has 0 atom stereocenters. The van der Waals surface area contributed by atoms with Crippen molar-refractivity contribution in [2.24, 2.45) is 0 Å². The highest BCUT2D eigenvalue weighted by Crippen LogP contribution is 2.11. The first-order chi connectivity index (χ1) is 8.12. The van der Waals surface area contributed by atoms with Gasteiger partial charge in [-0.1, -0.05) is 0 Å². The molecule has 0 aliphatic heterocycles. The highest BCUT2D eigenvalue weighted by atomic mass is 32.2. The Balaban J connectivity index is 2.24. The number of aromatic nitrogens is 3. The average molecular weight is 249 g/mol. The minimum absolute atomic E-state index is 0.0522. The summed E-state index contributed by atoms with van der Waals surface area (Å²) in [7, 11) is -3.70. The lowest BCUT2D eigenvalue weighted by atomic mass is 10.3.